The van der Waals surface area contributed by atoms with Crippen LogP contribution in [0.3, 0.4) is 0 Å². The predicted molar refractivity (Wildman–Crippen MR) is 86.6 cm³/mol. The van der Waals surface area contributed by atoms with E-state index in [4.69, 9.17) is 9.47 Å². The maximum Gasteiger partial charge on any atom is 0.256 e. The molecule has 0 aromatic heterocycles. The van der Waals surface area contributed by atoms with E-state index in [0.717, 1.165) is 11.3 Å². The van der Waals surface area contributed by atoms with Crippen molar-refractivity contribution in [1.82, 2.24) is 4.90 Å². The van der Waals surface area contributed by atoms with E-state index in [0.29, 0.717) is 18.9 Å². The molecule has 0 heterocycles. The van der Waals surface area contributed by atoms with E-state index in [1.807, 2.05) is 31.2 Å². The number of aryl methyl sites for hydroxylation is 1. The number of carbonyl (C=O) groups is 1. The molecule has 2 rings (SSSR count). The Bertz CT molecular complexity index is 670. The lowest BCUT2D eigenvalue weighted by molar-refractivity contribution is 0.0769. The molecule has 1 amide bonds. The van der Waals surface area contributed by atoms with Gasteiger partial charge in [0.1, 0.15) is 23.9 Å². The molecule has 0 saturated heterocycles. The molecule has 0 radical (unpaired) electrons. The van der Waals surface area contributed by atoms with Crippen LogP contribution in [0.4, 0.5) is 4.39 Å². The van der Waals surface area contributed by atoms with E-state index in [2.05, 4.69) is 0 Å². The van der Waals surface area contributed by atoms with Gasteiger partial charge in [-0.3, -0.25) is 4.79 Å². The lowest BCUT2D eigenvalue weighted by Crippen LogP contribution is -2.31. The first-order chi connectivity index (χ1) is 11.0. The lowest BCUT2D eigenvalue weighted by atomic mass is 10.2. The smallest absolute Gasteiger partial charge is 0.256 e. The highest BCUT2D eigenvalue weighted by Gasteiger charge is 2.16. The molecule has 4 nitrogen and oxygen atoms in total. The molecule has 0 aliphatic carbocycles. The molecule has 122 valence electrons. The molecule has 0 aliphatic heterocycles. The second kappa shape index (κ2) is 7.63. The largest absolute Gasteiger partial charge is 0.497 e. The van der Waals surface area contributed by atoms with Crippen LogP contribution in [0.5, 0.6) is 11.5 Å². The Labute approximate surface area is 135 Å². The van der Waals surface area contributed by atoms with Crippen LogP contribution < -0.4 is 9.47 Å². The standard InChI is InChI=1S/C18H20FNO3/c1-13-4-6-14(7-5-13)23-11-10-20(2)18(21)16-9-8-15(22-3)12-17(16)19/h4-9,12H,10-11H2,1-3H3. The Morgan fingerprint density at radius 1 is 1.13 bits per heavy atom. The predicted octanol–water partition coefficient (Wildman–Crippen LogP) is 3.29. The molecule has 23 heavy (non-hydrogen) atoms. The van der Waals surface area contributed by atoms with Crippen LogP contribution in [-0.4, -0.2) is 38.1 Å². The average molecular weight is 317 g/mol. The van der Waals surface area contributed by atoms with Crippen LogP contribution in [0.2, 0.25) is 0 Å². The van der Waals surface area contributed by atoms with Crippen molar-refractivity contribution in [2.75, 3.05) is 27.3 Å². The Morgan fingerprint density at radius 3 is 2.39 bits per heavy atom. The molecular weight excluding hydrogens is 297 g/mol. The fourth-order valence-corrected chi connectivity index (χ4v) is 2.04. The second-order valence-electron chi connectivity index (χ2n) is 5.23. The Morgan fingerprint density at radius 2 is 1.78 bits per heavy atom. The highest BCUT2D eigenvalue weighted by atomic mass is 19.1. The number of nitrogens with zero attached hydrogens (tertiary/aromatic N) is 1. The summed E-state index contributed by atoms with van der Waals surface area (Å²) in [7, 11) is 3.06. The van der Waals surface area contributed by atoms with E-state index in [9.17, 15) is 9.18 Å². The van der Waals surface area contributed by atoms with Gasteiger partial charge in [0.25, 0.3) is 5.91 Å². The number of carbonyl (C=O) groups excluding carboxylic acids is 1. The summed E-state index contributed by atoms with van der Waals surface area (Å²) in [6.45, 7) is 2.70. The first-order valence-corrected chi connectivity index (χ1v) is 7.29. The molecule has 0 N–H and O–H groups in total. The number of halogens is 1. The van der Waals surface area contributed by atoms with Crippen molar-refractivity contribution in [1.29, 1.82) is 0 Å². The van der Waals surface area contributed by atoms with Crippen molar-refractivity contribution in [2.24, 2.45) is 0 Å². The molecule has 5 heteroatoms. The van der Waals surface area contributed by atoms with Crippen molar-refractivity contribution in [3.05, 3.63) is 59.4 Å². The van der Waals surface area contributed by atoms with Crippen molar-refractivity contribution < 1.29 is 18.7 Å². The van der Waals surface area contributed by atoms with Crippen LogP contribution in [-0.2, 0) is 0 Å². The first kappa shape index (κ1) is 16.8. The van der Waals surface area contributed by atoms with Gasteiger partial charge in [-0.05, 0) is 31.2 Å². The number of likely N-dealkylation sites (N-methyl/N-ethyl adjacent to an activating group) is 1. The maximum atomic E-state index is 13.9. The van der Waals surface area contributed by atoms with Crippen molar-refractivity contribution >= 4 is 5.91 Å². The Balaban J connectivity index is 1.91. The van der Waals surface area contributed by atoms with Crippen LogP contribution >= 0.6 is 0 Å². The summed E-state index contributed by atoms with van der Waals surface area (Å²) in [5.74, 6) is 0.134. The highest BCUT2D eigenvalue weighted by Crippen LogP contribution is 2.17. The van der Waals surface area contributed by atoms with E-state index < -0.39 is 11.7 Å². The molecule has 2 aromatic carbocycles. The summed E-state index contributed by atoms with van der Waals surface area (Å²) in [4.78, 5) is 13.7. The fourth-order valence-electron chi connectivity index (χ4n) is 2.04. The Kier molecular flexibility index (Phi) is 5.57. The highest BCUT2D eigenvalue weighted by molar-refractivity contribution is 5.94. The van der Waals surface area contributed by atoms with Crippen LogP contribution in [0.15, 0.2) is 42.5 Å². The summed E-state index contributed by atoms with van der Waals surface area (Å²) in [6.07, 6.45) is 0. The monoisotopic (exact) mass is 317 g/mol. The van der Waals surface area contributed by atoms with Crippen LogP contribution in [0.1, 0.15) is 15.9 Å². The molecule has 0 bridgehead atoms. The third kappa shape index (κ3) is 4.45. The van der Waals surface area contributed by atoms with Crippen LogP contribution in [0, 0.1) is 12.7 Å². The minimum absolute atomic E-state index is 0.0173. The topological polar surface area (TPSA) is 38.8 Å². The van der Waals surface area contributed by atoms with E-state index in [1.54, 1.807) is 13.1 Å². The van der Waals surface area contributed by atoms with Gasteiger partial charge in [0, 0.05) is 13.1 Å². The quantitative estimate of drug-likeness (QED) is 0.820. The second-order valence-corrected chi connectivity index (χ2v) is 5.23. The first-order valence-electron chi connectivity index (χ1n) is 7.29. The summed E-state index contributed by atoms with van der Waals surface area (Å²) >= 11 is 0. The molecule has 0 fully saturated rings. The van der Waals surface area contributed by atoms with E-state index in [1.165, 1.54) is 24.1 Å². The number of hydrogen-bond donors (Lipinski definition) is 0. The number of methoxy groups -OCH3 is 1. The van der Waals surface area contributed by atoms with Gasteiger partial charge in [-0.2, -0.15) is 0 Å². The molecule has 0 aliphatic rings. The third-order valence-corrected chi connectivity index (χ3v) is 3.47. The van der Waals surface area contributed by atoms with E-state index in [-0.39, 0.29) is 5.56 Å². The number of hydrogen-bond acceptors (Lipinski definition) is 3. The molecule has 0 atom stereocenters. The Hall–Kier alpha value is -2.56. The van der Waals surface area contributed by atoms with Gasteiger partial charge in [0.05, 0.1) is 19.2 Å². The number of rotatable bonds is 6. The van der Waals surface area contributed by atoms with Gasteiger partial charge in [0.2, 0.25) is 0 Å². The zero-order valence-electron chi connectivity index (χ0n) is 13.5. The van der Waals surface area contributed by atoms with Gasteiger partial charge in [-0.1, -0.05) is 17.7 Å². The van der Waals surface area contributed by atoms with Crippen molar-refractivity contribution in [3.63, 3.8) is 0 Å². The van der Waals surface area contributed by atoms with Crippen molar-refractivity contribution in [3.8, 4) is 11.5 Å². The average Bonchev–Trinajstić information content (AvgIpc) is 2.55. The molecule has 0 saturated carbocycles. The summed E-state index contributed by atoms with van der Waals surface area (Å²) in [6, 6.07) is 11.8. The normalized spacial score (nSPS) is 10.3. The third-order valence-electron chi connectivity index (χ3n) is 3.47. The van der Waals surface area contributed by atoms with Gasteiger partial charge in [-0.15, -0.1) is 0 Å². The number of ether oxygens (including phenoxy) is 2. The summed E-state index contributed by atoms with van der Waals surface area (Å²) < 4.78 is 24.4. The zero-order chi connectivity index (χ0) is 16.8. The van der Waals surface area contributed by atoms with Gasteiger partial charge < -0.3 is 14.4 Å². The molecule has 0 spiro atoms. The summed E-state index contributed by atoms with van der Waals surface area (Å²) in [5, 5.41) is 0. The van der Waals surface area contributed by atoms with Crippen LogP contribution in [0.25, 0.3) is 0 Å². The maximum absolute atomic E-state index is 13.9. The van der Waals surface area contributed by atoms with Gasteiger partial charge >= 0.3 is 0 Å². The molecular formula is C18H20FNO3. The lowest BCUT2D eigenvalue weighted by Gasteiger charge is -2.18. The van der Waals surface area contributed by atoms with Gasteiger partial charge in [0.15, 0.2) is 0 Å². The molecule has 0 unspecified atom stereocenters. The van der Waals surface area contributed by atoms with Crippen molar-refractivity contribution in [2.45, 2.75) is 6.92 Å². The fraction of sp³-hybridized carbons (Fsp3) is 0.278. The number of benzene rings is 2. The zero-order valence-corrected chi connectivity index (χ0v) is 13.5. The van der Waals surface area contributed by atoms with Gasteiger partial charge in [-0.25, -0.2) is 4.39 Å². The number of amides is 1. The minimum atomic E-state index is -0.597. The summed E-state index contributed by atoms with van der Waals surface area (Å²) in [5.41, 5.74) is 1.17. The van der Waals surface area contributed by atoms with E-state index >= 15 is 0 Å². The minimum Gasteiger partial charge on any atom is -0.497 e. The molecule has 2 aromatic rings. The SMILES string of the molecule is COc1ccc(C(=O)N(C)CCOc2ccc(C)cc2)c(F)c1.